The van der Waals surface area contributed by atoms with Crippen molar-refractivity contribution in [2.75, 3.05) is 11.9 Å². The van der Waals surface area contributed by atoms with Crippen molar-refractivity contribution in [2.24, 2.45) is 4.99 Å². The molecule has 5 heteroatoms. The van der Waals surface area contributed by atoms with Gasteiger partial charge >= 0.3 is 0 Å². The van der Waals surface area contributed by atoms with Crippen molar-refractivity contribution in [3.05, 3.63) is 28.2 Å². The lowest BCUT2D eigenvalue weighted by Crippen LogP contribution is -2.16. The van der Waals surface area contributed by atoms with E-state index in [0.29, 0.717) is 10.0 Å². The van der Waals surface area contributed by atoms with E-state index in [0.717, 1.165) is 17.4 Å². The standard InChI is InChI=1S/C11H12Cl2N2S/c1-11(2)6-14-10(16-11)15-7-3-4-8(12)9(13)5-7/h3-5H,6H2,1-2H3,(H,14,15). The van der Waals surface area contributed by atoms with Gasteiger partial charge in [-0.1, -0.05) is 35.0 Å². The van der Waals surface area contributed by atoms with E-state index in [4.69, 9.17) is 23.2 Å². The number of rotatable bonds is 1. The molecule has 1 aromatic rings. The number of halogens is 2. The monoisotopic (exact) mass is 274 g/mol. The molecule has 16 heavy (non-hydrogen) atoms. The minimum Gasteiger partial charge on any atom is -0.335 e. The van der Waals surface area contributed by atoms with E-state index < -0.39 is 0 Å². The van der Waals surface area contributed by atoms with Gasteiger partial charge in [-0.25, -0.2) is 0 Å². The summed E-state index contributed by atoms with van der Waals surface area (Å²) in [6.07, 6.45) is 0. The van der Waals surface area contributed by atoms with Crippen LogP contribution in [0.3, 0.4) is 0 Å². The Morgan fingerprint density at radius 2 is 2.06 bits per heavy atom. The Bertz CT molecular complexity index is 444. The van der Waals surface area contributed by atoms with Crippen LogP contribution in [0.1, 0.15) is 13.8 Å². The summed E-state index contributed by atoms with van der Waals surface area (Å²) in [5.41, 5.74) is 0.915. The summed E-state index contributed by atoms with van der Waals surface area (Å²) in [5.74, 6) is 0. The molecule has 0 bridgehead atoms. The molecule has 1 aromatic carbocycles. The van der Waals surface area contributed by atoms with Crippen LogP contribution in [0.5, 0.6) is 0 Å². The van der Waals surface area contributed by atoms with Crippen LogP contribution in [-0.2, 0) is 0 Å². The first-order valence-corrected chi connectivity index (χ1v) is 6.49. The lowest BCUT2D eigenvalue weighted by Gasteiger charge is -2.14. The normalized spacial score (nSPS) is 18.4. The van der Waals surface area contributed by atoms with Gasteiger partial charge in [0.15, 0.2) is 5.17 Å². The van der Waals surface area contributed by atoms with E-state index in [9.17, 15) is 0 Å². The van der Waals surface area contributed by atoms with Crippen molar-refractivity contribution in [2.45, 2.75) is 18.6 Å². The van der Waals surface area contributed by atoms with Crippen LogP contribution in [0.25, 0.3) is 0 Å². The van der Waals surface area contributed by atoms with Crippen LogP contribution in [0.2, 0.25) is 10.0 Å². The minimum absolute atomic E-state index is 0.179. The molecule has 0 atom stereocenters. The molecule has 0 unspecified atom stereocenters. The molecule has 0 saturated heterocycles. The molecule has 86 valence electrons. The largest absolute Gasteiger partial charge is 0.335 e. The van der Waals surface area contributed by atoms with Crippen molar-refractivity contribution >= 4 is 45.8 Å². The summed E-state index contributed by atoms with van der Waals surface area (Å²) < 4.78 is 0.179. The molecule has 1 N–H and O–H groups in total. The zero-order valence-electron chi connectivity index (χ0n) is 9.05. The van der Waals surface area contributed by atoms with Crippen molar-refractivity contribution in [1.82, 2.24) is 0 Å². The summed E-state index contributed by atoms with van der Waals surface area (Å²) in [6, 6.07) is 5.47. The van der Waals surface area contributed by atoms with Gasteiger partial charge in [0.05, 0.1) is 16.6 Å². The molecule has 0 spiro atoms. The van der Waals surface area contributed by atoms with Crippen LogP contribution >= 0.6 is 35.0 Å². The molecule has 0 saturated carbocycles. The average molecular weight is 275 g/mol. The molecular weight excluding hydrogens is 263 g/mol. The maximum Gasteiger partial charge on any atom is 0.161 e. The van der Waals surface area contributed by atoms with Crippen LogP contribution in [0.15, 0.2) is 23.2 Å². The van der Waals surface area contributed by atoms with Crippen molar-refractivity contribution in [1.29, 1.82) is 0 Å². The first-order valence-electron chi connectivity index (χ1n) is 4.92. The highest BCUT2D eigenvalue weighted by molar-refractivity contribution is 8.15. The number of anilines is 1. The van der Waals surface area contributed by atoms with Crippen LogP contribution in [0, 0.1) is 0 Å². The van der Waals surface area contributed by atoms with E-state index in [1.165, 1.54) is 0 Å². The second kappa shape index (κ2) is 4.47. The zero-order valence-corrected chi connectivity index (χ0v) is 11.4. The third kappa shape index (κ3) is 2.84. The predicted octanol–water partition coefficient (Wildman–Crippen LogP) is 4.29. The highest BCUT2D eigenvalue weighted by Crippen LogP contribution is 2.33. The van der Waals surface area contributed by atoms with Crippen molar-refractivity contribution in [3.8, 4) is 0 Å². The topological polar surface area (TPSA) is 24.4 Å². The molecule has 0 radical (unpaired) electrons. The number of nitrogens with one attached hydrogen (secondary N) is 1. The zero-order chi connectivity index (χ0) is 11.8. The fourth-order valence-corrected chi connectivity index (χ4v) is 2.60. The Morgan fingerprint density at radius 1 is 1.31 bits per heavy atom. The second-order valence-corrected chi connectivity index (χ2v) is 6.75. The number of hydrogen-bond acceptors (Lipinski definition) is 3. The van der Waals surface area contributed by atoms with Crippen LogP contribution < -0.4 is 5.32 Å². The number of benzene rings is 1. The quantitative estimate of drug-likeness (QED) is 0.827. The highest BCUT2D eigenvalue weighted by Gasteiger charge is 2.27. The lowest BCUT2D eigenvalue weighted by molar-refractivity contribution is 0.741. The smallest absolute Gasteiger partial charge is 0.161 e. The summed E-state index contributed by atoms with van der Waals surface area (Å²) in [4.78, 5) is 4.43. The molecule has 0 aromatic heterocycles. The van der Waals surface area contributed by atoms with Crippen LogP contribution in [-0.4, -0.2) is 16.5 Å². The Balaban J connectivity index is 2.08. The Hall–Kier alpha value is -0.380. The van der Waals surface area contributed by atoms with Gasteiger partial charge < -0.3 is 5.32 Å². The summed E-state index contributed by atoms with van der Waals surface area (Å²) in [6.45, 7) is 5.18. The first kappa shape index (κ1) is 12.1. The third-order valence-corrected chi connectivity index (χ3v) is 3.99. The maximum absolute atomic E-state index is 5.94. The maximum atomic E-state index is 5.94. The third-order valence-electron chi connectivity index (χ3n) is 2.15. The summed E-state index contributed by atoms with van der Waals surface area (Å²) in [7, 11) is 0. The van der Waals surface area contributed by atoms with E-state index in [1.807, 2.05) is 6.07 Å². The number of thioether (sulfide) groups is 1. The molecule has 1 heterocycles. The van der Waals surface area contributed by atoms with E-state index in [2.05, 4.69) is 24.2 Å². The van der Waals surface area contributed by atoms with Crippen molar-refractivity contribution in [3.63, 3.8) is 0 Å². The molecule has 2 nitrogen and oxygen atoms in total. The van der Waals surface area contributed by atoms with Gasteiger partial charge in [0.1, 0.15) is 0 Å². The van der Waals surface area contributed by atoms with Crippen LogP contribution in [0.4, 0.5) is 5.69 Å². The summed E-state index contributed by atoms with van der Waals surface area (Å²) in [5, 5.41) is 5.28. The molecule has 1 aliphatic heterocycles. The minimum atomic E-state index is 0.179. The highest BCUT2D eigenvalue weighted by atomic mass is 35.5. The van der Waals surface area contributed by atoms with Gasteiger partial charge in [-0.3, -0.25) is 4.99 Å². The Kier molecular flexibility index (Phi) is 3.38. The van der Waals surface area contributed by atoms with E-state index in [-0.39, 0.29) is 4.75 Å². The second-order valence-electron chi connectivity index (χ2n) is 4.24. The van der Waals surface area contributed by atoms with E-state index in [1.54, 1.807) is 23.9 Å². The molecule has 1 aliphatic rings. The Morgan fingerprint density at radius 3 is 2.62 bits per heavy atom. The van der Waals surface area contributed by atoms with Gasteiger partial charge in [-0.05, 0) is 32.0 Å². The molecule has 0 amide bonds. The molecule has 0 aliphatic carbocycles. The number of aliphatic imine (C=N–C) groups is 1. The average Bonchev–Trinajstić information content (AvgIpc) is 2.52. The first-order chi connectivity index (χ1) is 7.46. The van der Waals surface area contributed by atoms with Gasteiger partial charge in [0.2, 0.25) is 0 Å². The van der Waals surface area contributed by atoms with Gasteiger partial charge in [-0.2, -0.15) is 0 Å². The molecule has 0 fully saturated rings. The van der Waals surface area contributed by atoms with Gasteiger partial charge in [0.25, 0.3) is 0 Å². The molecular formula is C11H12Cl2N2S. The number of nitrogens with zero attached hydrogens (tertiary/aromatic N) is 1. The lowest BCUT2D eigenvalue weighted by atomic mass is 10.2. The SMILES string of the molecule is CC1(C)CN=C(Nc2ccc(Cl)c(Cl)c2)S1. The number of hydrogen-bond donors (Lipinski definition) is 1. The predicted molar refractivity (Wildman–Crippen MR) is 74.1 cm³/mol. The van der Waals surface area contributed by atoms with Gasteiger partial charge in [-0.15, -0.1) is 0 Å². The number of amidine groups is 1. The fourth-order valence-electron chi connectivity index (χ4n) is 1.35. The molecule has 2 rings (SSSR count). The van der Waals surface area contributed by atoms with E-state index >= 15 is 0 Å². The van der Waals surface area contributed by atoms with Crippen molar-refractivity contribution < 1.29 is 0 Å². The van der Waals surface area contributed by atoms with Gasteiger partial charge in [0, 0.05) is 10.4 Å². The Labute approximate surface area is 109 Å². The fraction of sp³-hybridized carbons (Fsp3) is 0.364. The summed E-state index contributed by atoms with van der Waals surface area (Å²) >= 11 is 13.5.